The molecule has 0 saturated carbocycles. The largest absolute Gasteiger partial charge is 0.309 e. The van der Waals surface area contributed by atoms with Crippen LogP contribution in [0.3, 0.4) is 0 Å². The number of benzene rings is 1. The summed E-state index contributed by atoms with van der Waals surface area (Å²) in [6.07, 6.45) is 4.32. The predicted octanol–water partition coefficient (Wildman–Crippen LogP) is 2.57. The SMILES string of the molecule is Cc1ccc(C(=N)/C=C\C=N)cc1. The van der Waals surface area contributed by atoms with Crippen molar-refractivity contribution in [3.8, 4) is 0 Å². The number of allylic oxidation sites excluding steroid dienone is 2. The van der Waals surface area contributed by atoms with Gasteiger partial charge in [-0.3, -0.25) is 0 Å². The average molecular weight is 172 g/mol. The van der Waals surface area contributed by atoms with Crippen molar-refractivity contribution in [2.45, 2.75) is 6.92 Å². The zero-order chi connectivity index (χ0) is 9.68. The Labute approximate surface area is 77.9 Å². The van der Waals surface area contributed by atoms with E-state index in [2.05, 4.69) is 0 Å². The summed E-state index contributed by atoms with van der Waals surface area (Å²) in [5.74, 6) is 0. The smallest absolute Gasteiger partial charge is 0.0612 e. The minimum atomic E-state index is 0.434. The van der Waals surface area contributed by atoms with E-state index in [-0.39, 0.29) is 0 Å². The van der Waals surface area contributed by atoms with Crippen LogP contribution in [0.2, 0.25) is 0 Å². The summed E-state index contributed by atoms with van der Waals surface area (Å²) in [7, 11) is 0. The van der Waals surface area contributed by atoms with Gasteiger partial charge >= 0.3 is 0 Å². The molecule has 1 aromatic carbocycles. The summed E-state index contributed by atoms with van der Waals surface area (Å²) >= 11 is 0. The van der Waals surface area contributed by atoms with Crippen LogP contribution in [-0.4, -0.2) is 11.9 Å². The first-order valence-corrected chi connectivity index (χ1v) is 4.07. The van der Waals surface area contributed by atoms with Gasteiger partial charge in [-0.2, -0.15) is 0 Å². The van der Waals surface area contributed by atoms with Crippen LogP contribution >= 0.6 is 0 Å². The lowest BCUT2D eigenvalue weighted by Crippen LogP contribution is -1.93. The number of nitrogens with one attached hydrogen (secondary N) is 2. The minimum Gasteiger partial charge on any atom is -0.309 e. The van der Waals surface area contributed by atoms with Gasteiger partial charge in [0.1, 0.15) is 0 Å². The van der Waals surface area contributed by atoms with Gasteiger partial charge in [-0.15, -0.1) is 0 Å². The quantitative estimate of drug-likeness (QED) is 0.658. The van der Waals surface area contributed by atoms with E-state index in [4.69, 9.17) is 10.8 Å². The molecule has 0 aliphatic heterocycles. The topological polar surface area (TPSA) is 47.7 Å². The lowest BCUT2D eigenvalue weighted by atomic mass is 10.1. The third-order valence-electron chi connectivity index (χ3n) is 1.72. The van der Waals surface area contributed by atoms with E-state index >= 15 is 0 Å². The highest BCUT2D eigenvalue weighted by atomic mass is 14.4. The van der Waals surface area contributed by atoms with E-state index in [0.29, 0.717) is 5.71 Å². The summed E-state index contributed by atoms with van der Waals surface area (Å²) in [5.41, 5.74) is 2.50. The monoisotopic (exact) mass is 172 g/mol. The summed E-state index contributed by atoms with van der Waals surface area (Å²) in [4.78, 5) is 0. The van der Waals surface area contributed by atoms with Crippen LogP contribution in [0, 0.1) is 17.7 Å². The zero-order valence-corrected chi connectivity index (χ0v) is 7.54. The lowest BCUT2D eigenvalue weighted by molar-refractivity contribution is 1.44. The van der Waals surface area contributed by atoms with Crippen molar-refractivity contribution in [2.24, 2.45) is 0 Å². The van der Waals surface area contributed by atoms with Crippen LogP contribution in [0.1, 0.15) is 11.1 Å². The van der Waals surface area contributed by atoms with Crippen molar-refractivity contribution < 1.29 is 0 Å². The van der Waals surface area contributed by atoms with Crippen LogP contribution in [-0.2, 0) is 0 Å². The summed E-state index contributed by atoms with van der Waals surface area (Å²) in [6.45, 7) is 2.01. The minimum absolute atomic E-state index is 0.434. The molecule has 13 heavy (non-hydrogen) atoms. The van der Waals surface area contributed by atoms with Crippen molar-refractivity contribution in [3.05, 3.63) is 47.5 Å². The summed E-state index contributed by atoms with van der Waals surface area (Å²) in [5, 5.41) is 14.4. The fourth-order valence-corrected chi connectivity index (χ4v) is 0.974. The molecule has 2 N–H and O–H groups in total. The molecule has 0 aromatic heterocycles. The molecule has 0 fully saturated rings. The Kier molecular flexibility index (Phi) is 3.15. The maximum absolute atomic E-state index is 7.61. The molecule has 0 spiro atoms. The van der Waals surface area contributed by atoms with Gasteiger partial charge in [-0.25, -0.2) is 0 Å². The van der Waals surface area contributed by atoms with Gasteiger partial charge in [0.05, 0.1) is 5.71 Å². The number of hydrogen-bond donors (Lipinski definition) is 2. The first-order chi connectivity index (χ1) is 6.24. The molecular weight excluding hydrogens is 160 g/mol. The number of aryl methyl sites for hydroxylation is 1. The van der Waals surface area contributed by atoms with Crippen LogP contribution in [0.5, 0.6) is 0 Å². The van der Waals surface area contributed by atoms with Gasteiger partial charge in [0.25, 0.3) is 0 Å². The molecule has 0 bridgehead atoms. The highest BCUT2D eigenvalue weighted by Crippen LogP contribution is 2.04. The average Bonchev–Trinajstić information content (AvgIpc) is 2.15. The van der Waals surface area contributed by atoms with Crippen molar-refractivity contribution in [3.63, 3.8) is 0 Å². The molecule has 0 heterocycles. The van der Waals surface area contributed by atoms with Crippen molar-refractivity contribution >= 4 is 11.9 Å². The lowest BCUT2D eigenvalue weighted by Gasteiger charge is -1.98. The highest BCUT2D eigenvalue weighted by Gasteiger charge is 1.94. The van der Waals surface area contributed by atoms with Crippen molar-refractivity contribution in [1.82, 2.24) is 0 Å². The Bertz CT molecular complexity index is 334. The molecule has 0 unspecified atom stereocenters. The highest BCUT2D eigenvalue weighted by molar-refractivity contribution is 6.07. The fraction of sp³-hybridized carbons (Fsp3) is 0.0909. The molecule has 0 amide bonds. The van der Waals surface area contributed by atoms with E-state index in [1.807, 2.05) is 31.2 Å². The van der Waals surface area contributed by atoms with Gasteiger partial charge < -0.3 is 10.8 Å². The molecule has 1 rings (SSSR count). The van der Waals surface area contributed by atoms with Crippen LogP contribution in [0.4, 0.5) is 0 Å². The molecule has 2 heteroatoms. The Morgan fingerprint density at radius 1 is 1.23 bits per heavy atom. The molecular formula is C11H12N2. The van der Waals surface area contributed by atoms with E-state index < -0.39 is 0 Å². The second kappa shape index (κ2) is 4.36. The second-order valence-corrected chi connectivity index (χ2v) is 2.81. The van der Waals surface area contributed by atoms with Crippen LogP contribution in [0.25, 0.3) is 0 Å². The van der Waals surface area contributed by atoms with Crippen molar-refractivity contribution in [1.29, 1.82) is 10.8 Å². The van der Waals surface area contributed by atoms with E-state index in [1.165, 1.54) is 11.8 Å². The Balaban J connectivity index is 2.83. The zero-order valence-electron chi connectivity index (χ0n) is 7.54. The molecule has 2 nitrogen and oxygen atoms in total. The Hall–Kier alpha value is -1.70. The Morgan fingerprint density at radius 2 is 1.85 bits per heavy atom. The van der Waals surface area contributed by atoms with E-state index in [9.17, 15) is 0 Å². The maximum atomic E-state index is 7.61. The molecule has 0 aliphatic carbocycles. The van der Waals surface area contributed by atoms with Gasteiger partial charge in [0.2, 0.25) is 0 Å². The molecule has 0 aliphatic rings. The summed E-state index contributed by atoms with van der Waals surface area (Å²) < 4.78 is 0. The van der Waals surface area contributed by atoms with Gasteiger partial charge in [0, 0.05) is 6.21 Å². The molecule has 1 aromatic rings. The maximum Gasteiger partial charge on any atom is 0.0612 e. The number of hydrogen-bond acceptors (Lipinski definition) is 2. The van der Waals surface area contributed by atoms with Crippen LogP contribution < -0.4 is 0 Å². The van der Waals surface area contributed by atoms with Gasteiger partial charge in [-0.1, -0.05) is 29.8 Å². The fourth-order valence-electron chi connectivity index (χ4n) is 0.974. The predicted molar refractivity (Wildman–Crippen MR) is 55.9 cm³/mol. The van der Waals surface area contributed by atoms with Gasteiger partial charge in [-0.05, 0) is 24.6 Å². The molecule has 0 atom stereocenters. The van der Waals surface area contributed by atoms with Crippen LogP contribution in [0.15, 0.2) is 36.4 Å². The standard InChI is InChI=1S/C11H12N2/c1-9-4-6-10(7-5-9)11(13)3-2-8-12/h2-8,12-13H,1H3/b3-2-,12-8?,13-11?. The molecule has 0 saturated heterocycles. The molecule has 0 radical (unpaired) electrons. The van der Waals surface area contributed by atoms with E-state index in [1.54, 1.807) is 12.2 Å². The third kappa shape index (κ3) is 2.67. The normalized spacial score (nSPS) is 10.2. The van der Waals surface area contributed by atoms with E-state index in [0.717, 1.165) is 5.56 Å². The van der Waals surface area contributed by atoms with Crippen molar-refractivity contribution in [2.75, 3.05) is 0 Å². The second-order valence-electron chi connectivity index (χ2n) is 2.81. The third-order valence-corrected chi connectivity index (χ3v) is 1.72. The first kappa shape index (κ1) is 9.39. The summed E-state index contributed by atoms with van der Waals surface area (Å²) in [6, 6.07) is 7.77. The number of rotatable bonds is 3. The van der Waals surface area contributed by atoms with Gasteiger partial charge in [0.15, 0.2) is 0 Å². The Morgan fingerprint density at radius 3 is 2.38 bits per heavy atom. The molecule has 66 valence electrons. The first-order valence-electron chi connectivity index (χ1n) is 4.07.